The summed E-state index contributed by atoms with van der Waals surface area (Å²) < 4.78 is 22.7. The third-order valence-electron chi connectivity index (χ3n) is 2.64. The van der Waals surface area contributed by atoms with Gasteiger partial charge in [0.1, 0.15) is 4.90 Å². The van der Waals surface area contributed by atoms with E-state index in [1.165, 1.54) is 17.4 Å². The standard InChI is InChI=1S/C12H11ClN2O4S2/c13-9-5-10(15-6-7-2-1-3-20-7)8(12(16)17)4-11(9)21(14,18)19/h1-5,15H,6H2,(H,16,17)(H2,14,18,19). The van der Waals surface area contributed by atoms with Gasteiger partial charge in [-0.3, -0.25) is 0 Å². The predicted molar refractivity (Wildman–Crippen MR) is 81.4 cm³/mol. The van der Waals surface area contributed by atoms with Gasteiger partial charge in [-0.15, -0.1) is 11.3 Å². The molecule has 1 heterocycles. The lowest BCUT2D eigenvalue weighted by Crippen LogP contribution is -2.15. The molecule has 0 saturated carbocycles. The van der Waals surface area contributed by atoms with Gasteiger partial charge in [0.2, 0.25) is 10.0 Å². The number of thiophene rings is 1. The maximum atomic E-state index is 11.4. The molecule has 1 aromatic carbocycles. The summed E-state index contributed by atoms with van der Waals surface area (Å²) in [6.45, 7) is 0.406. The van der Waals surface area contributed by atoms with Crippen molar-refractivity contribution in [2.45, 2.75) is 11.4 Å². The van der Waals surface area contributed by atoms with Crippen molar-refractivity contribution < 1.29 is 18.3 Å². The van der Waals surface area contributed by atoms with E-state index >= 15 is 0 Å². The molecule has 0 bridgehead atoms. The largest absolute Gasteiger partial charge is 0.478 e. The molecule has 0 aliphatic rings. The maximum Gasteiger partial charge on any atom is 0.337 e. The molecule has 0 saturated heterocycles. The van der Waals surface area contributed by atoms with Crippen LogP contribution in [0.5, 0.6) is 0 Å². The van der Waals surface area contributed by atoms with Crippen molar-refractivity contribution in [1.82, 2.24) is 0 Å². The number of nitrogens with one attached hydrogen (secondary N) is 1. The summed E-state index contributed by atoms with van der Waals surface area (Å²) in [7, 11) is -4.09. The normalized spacial score (nSPS) is 11.3. The van der Waals surface area contributed by atoms with Gasteiger partial charge in [0.25, 0.3) is 0 Å². The van der Waals surface area contributed by atoms with Crippen molar-refractivity contribution in [2.75, 3.05) is 5.32 Å². The number of hydrogen-bond acceptors (Lipinski definition) is 5. The Morgan fingerprint density at radius 1 is 1.43 bits per heavy atom. The summed E-state index contributed by atoms with van der Waals surface area (Å²) in [6, 6.07) is 5.96. The van der Waals surface area contributed by atoms with Gasteiger partial charge in [-0.1, -0.05) is 17.7 Å². The highest BCUT2D eigenvalue weighted by Crippen LogP contribution is 2.29. The van der Waals surface area contributed by atoms with Gasteiger partial charge in [-0.2, -0.15) is 0 Å². The summed E-state index contributed by atoms with van der Waals surface area (Å²) in [5.41, 5.74) is 0.0216. The summed E-state index contributed by atoms with van der Waals surface area (Å²) >= 11 is 7.37. The van der Waals surface area contributed by atoms with Crippen molar-refractivity contribution in [2.24, 2.45) is 5.14 Å². The molecule has 6 nitrogen and oxygen atoms in total. The quantitative estimate of drug-likeness (QED) is 0.769. The van der Waals surface area contributed by atoms with Crippen LogP contribution in [0.4, 0.5) is 5.69 Å². The van der Waals surface area contributed by atoms with Gasteiger partial charge in [0, 0.05) is 11.4 Å². The second-order valence-electron chi connectivity index (χ2n) is 4.11. The summed E-state index contributed by atoms with van der Waals surface area (Å²) in [5.74, 6) is -1.27. The molecule has 112 valence electrons. The number of hydrogen-bond donors (Lipinski definition) is 3. The molecule has 0 fully saturated rings. The highest BCUT2D eigenvalue weighted by Gasteiger charge is 2.20. The third-order valence-corrected chi connectivity index (χ3v) is 4.89. The highest BCUT2D eigenvalue weighted by molar-refractivity contribution is 7.89. The van der Waals surface area contributed by atoms with Gasteiger partial charge >= 0.3 is 5.97 Å². The number of nitrogens with two attached hydrogens (primary N) is 1. The zero-order valence-electron chi connectivity index (χ0n) is 10.5. The number of sulfonamides is 1. The molecule has 0 atom stereocenters. The Balaban J connectivity index is 2.41. The molecule has 0 spiro atoms. The van der Waals surface area contributed by atoms with Crippen LogP contribution in [-0.4, -0.2) is 19.5 Å². The molecule has 4 N–H and O–H groups in total. The number of carbonyl (C=O) groups is 1. The van der Waals surface area contributed by atoms with Crippen LogP contribution in [-0.2, 0) is 16.6 Å². The molecule has 1 aromatic heterocycles. The minimum absolute atomic E-state index is 0.129. The Hall–Kier alpha value is -1.61. The number of halogens is 1. The molecule has 0 unspecified atom stereocenters. The van der Waals surface area contributed by atoms with E-state index in [4.69, 9.17) is 16.7 Å². The van der Waals surface area contributed by atoms with Crippen LogP contribution in [0.1, 0.15) is 15.2 Å². The average Bonchev–Trinajstić information content (AvgIpc) is 2.87. The van der Waals surface area contributed by atoms with Gasteiger partial charge in [0.05, 0.1) is 16.3 Å². The number of aromatic carboxylic acids is 1. The Morgan fingerprint density at radius 3 is 2.67 bits per heavy atom. The molecule has 0 amide bonds. The number of benzene rings is 1. The van der Waals surface area contributed by atoms with Crippen LogP contribution >= 0.6 is 22.9 Å². The van der Waals surface area contributed by atoms with Crippen molar-refractivity contribution >= 4 is 44.6 Å². The van der Waals surface area contributed by atoms with Crippen LogP contribution in [0.2, 0.25) is 5.02 Å². The molecular weight excluding hydrogens is 336 g/mol. The lowest BCUT2D eigenvalue weighted by molar-refractivity contribution is 0.0697. The molecule has 21 heavy (non-hydrogen) atoms. The first-order valence-electron chi connectivity index (χ1n) is 5.65. The van der Waals surface area contributed by atoms with Crippen molar-refractivity contribution in [3.8, 4) is 0 Å². The van der Waals surface area contributed by atoms with E-state index in [1.54, 1.807) is 0 Å². The van der Waals surface area contributed by atoms with Crippen LogP contribution in [0.25, 0.3) is 0 Å². The molecule has 9 heteroatoms. The smallest absolute Gasteiger partial charge is 0.337 e. The lowest BCUT2D eigenvalue weighted by Gasteiger charge is -2.11. The maximum absolute atomic E-state index is 11.4. The Kier molecular flexibility index (Phi) is 4.52. The van der Waals surface area contributed by atoms with E-state index in [0.29, 0.717) is 6.54 Å². The lowest BCUT2D eigenvalue weighted by atomic mass is 10.1. The molecule has 2 aromatic rings. The molecule has 2 rings (SSSR count). The van der Waals surface area contributed by atoms with E-state index in [9.17, 15) is 18.3 Å². The average molecular weight is 347 g/mol. The monoisotopic (exact) mass is 346 g/mol. The number of carboxylic acid groups (broad SMARTS) is 1. The van der Waals surface area contributed by atoms with E-state index in [1.807, 2.05) is 17.5 Å². The summed E-state index contributed by atoms with van der Waals surface area (Å²) in [6.07, 6.45) is 0. The van der Waals surface area contributed by atoms with Gasteiger partial charge in [-0.05, 0) is 23.6 Å². The molecule has 0 aliphatic carbocycles. The van der Waals surface area contributed by atoms with E-state index in [2.05, 4.69) is 5.32 Å². The predicted octanol–water partition coefficient (Wildman–Crippen LogP) is 2.36. The third kappa shape index (κ3) is 3.73. The summed E-state index contributed by atoms with van der Waals surface area (Å²) in [5, 5.41) is 18.9. The van der Waals surface area contributed by atoms with Crippen LogP contribution in [0.15, 0.2) is 34.5 Å². The SMILES string of the molecule is NS(=O)(=O)c1cc(C(=O)O)c(NCc2cccs2)cc1Cl. The van der Waals surface area contributed by atoms with Crippen molar-refractivity contribution in [3.63, 3.8) is 0 Å². The minimum atomic E-state index is -4.09. The Bertz CT molecular complexity index is 773. The fourth-order valence-electron chi connectivity index (χ4n) is 1.69. The van der Waals surface area contributed by atoms with Crippen molar-refractivity contribution in [1.29, 1.82) is 0 Å². The number of carboxylic acids is 1. The first-order chi connectivity index (χ1) is 9.79. The zero-order valence-corrected chi connectivity index (χ0v) is 12.9. The Morgan fingerprint density at radius 2 is 2.14 bits per heavy atom. The van der Waals surface area contributed by atoms with Gasteiger partial charge in [0.15, 0.2) is 0 Å². The first kappa shape index (κ1) is 15.8. The van der Waals surface area contributed by atoms with Crippen LogP contribution < -0.4 is 10.5 Å². The number of primary sulfonamides is 1. The Labute approximate surface area is 130 Å². The fraction of sp³-hybridized carbons (Fsp3) is 0.0833. The van der Waals surface area contributed by atoms with E-state index < -0.39 is 20.9 Å². The first-order valence-corrected chi connectivity index (χ1v) is 8.45. The number of rotatable bonds is 5. The number of anilines is 1. The summed E-state index contributed by atoms with van der Waals surface area (Å²) in [4.78, 5) is 11.8. The topological polar surface area (TPSA) is 109 Å². The fourth-order valence-corrected chi connectivity index (χ4v) is 3.43. The van der Waals surface area contributed by atoms with Crippen LogP contribution in [0, 0.1) is 0 Å². The minimum Gasteiger partial charge on any atom is -0.478 e. The van der Waals surface area contributed by atoms with E-state index in [-0.39, 0.29) is 16.3 Å². The van der Waals surface area contributed by atoms with Gasteiger partial charge in [-0.25, -0.2) is 18.4 Å². The molecule has 0 aliphatic heterocycles. The highest BCUT2D eigenvalue weighted by atomic mass is 35.5. The zero-order chi connectivity index (χ0) is 15.6. The van der Waals surface area contributed by atoms with Gasteiger partial charge < -0.3 is 10.4 Å². The second kappa shape index (κ2) is 6.02. The second-order valence-corrected chi connectivity index (χ2v) is 7.08. The molecular formula is C12H11ClN2O4S2. The van der Waals surface area contributed by atoms with E-state index in [0.717, 1.165) is 10.9 Å². The van der Waals surface area contributed by atoms with Crippen molar-refractivity contribution in [3.05, 3.63) is 45.1 Å². The molecule has 0 radical (unpaired) electrons. The van der Waals surface area contributed by atoms with Crippen LogP contribution in [0.3, 0.4) is 0 Å².